The highest BCUT2D eigenvalue weighted by Crippen LogP contribution is 1.99. The Bertz CT molecular complexity index is 90.1. The van der Waals surface area contributed by atoms with Gasteiger partial charge < -0.3 is 9.47 Å². The lowest BCUT2D eigenvalue weighted by Gasteiger charge is -2.09. The van der Waals surface area contributed by atoms with Gasteiger partial charge in [-0.15, -0.1) is 0 Å². The zero-order valence-electron chi connectivity index (χ0n) is 6.98. The van der Waals surface area contributed by atoms with E-state index in [2.05, 4.69) is 15.9 Å². The summed E-state index contributed by atoms with van der Waals surface area (Å²) >= 11 is 2.83. The Hall–Kier alpha value is 0.400. The van der Waals surface area contributed by atoms with Gasteiger partial charge in [-0.1, -0.05) is 15.9 Å². The molecule has 0 heterocycles. The molecule has 0 amide bonds. The van der Waals surface area contributed by atoms with Crippen LogP contribution in [0, 0.1) is 0 Å². The maximum absolute atomic E-state index is 7.09. The summed E-state index contributed by atoms with van der Waals surface area (Å²) in [5, 5.41) is -1.41. The fraction of sp³-hybridized carbons (Fsp3) is 1.00. The van der Waals surface area contributed by atoms with E-state index in [1.807, 2.05) is 0 Å². The second-order valence-electron chi connectivity index (χ2n) is 1.24. The molecule has 0 radical (unpaired) electrons. The first-order valence-corrected chi connectivity index (χ1v) is 3.03. The van der Waals surface area contributed by atoms with Crippen LogP contribution in [0.1, 0.15) is 9.16 Å². The van der Waals surface area contributed by atoms with Crippen molar-refractivity contribution in [3.63, 3.8) is 0 Å². The Balaban J connectivity index is 3.63. The molecule has 0 saturated heterocycles. The van der Waals surface area contributed by atoms with Crippen LogP contribution in [-0.4, -0.2) is 25.8 Å². The Morgan fingerprint density at radius 2 is 2.12 bits per heavy atom. The lowest BCUT2D eigenvalue weighted by Crippen LogP contribution is -2.12. The summed E-state index contributed by atoms with van der Waals surface area (Å²) in [6.07, 6.45) is -0.297. The molecule has 0 unspecified atom stereocenters. The smallest absolute Gasteiger partial charge is 0.157 e. The van der Waals surface area contributed by atoms with Crippen LogP contribution in [0.2, 0.25) is 0 Å². The molecule has 0 atom stereocenters. The van der Waals surface area contributed by atoms with Crippen molar-refractivity contribution in [2.75, 3.05) is 19.5 Å². The number of alkyl halides is 1. The van der Waals surface area contributed by atoms with Crippen molar-refractivity contribution in [1.29, 1.82) is 0 Å². The van der Waals surface area contributed by atoms with Gasteiger partial charge in [-0.2, -0.15) is 0 Å². The maximum atomic E-state index is 7.09. The molecule has 50 valence electrons. The van der Waals surface area contributed by atoms with Crippen LogP contribution in [0.5, 0.6) is 0 Å². The zero-order valence-corrected chi connectivity index (χ0v) is 6.56. The predicted molar refractivity (Wildman–Crippen MR) is 36.2 cm³/mol. The standard InChI is InChI=1S/C5H11BrO2/c1-7-5(8-2)3-4-6/h5H,3-4H2,1-2H3/i4D2. The van der Waals surface area contributed by atoms with Crippen LogP contribution in [0.3, 0.4) is 0 Å². The fourth-order valence-corrected chi connectivity index (χ4v) is 0.590. The largest absolute Gasteiger partial charge is 0.356 e. The Morgan fingerprint density at radius 1 is 1.62 bits per heavy atom. The van der Waals surface area contributed by atoms with Gasteiger partial charge in [0.05, 0.1) is 0 Å². The van der Waals surface area contributed by atoms with Crippen molar-refractivity contribution < 1.29 is 12.2 Å². The summed E-state index contributed by atoms with van der Waals surface area (Å²) in [7, 11) is 2.96. The summed E-state index contributed by atoms with van der Waals surface area (Å²) in [6.45, 7) is 0. The summed E-state index contributed by atoms with van der Waals surface area (Å²) in [4.78, 5) is 0. The molecule has 0 N–H and O–H groups in total. The topological polar surface area (TPSA) is 18.5 Å². The van der Waals surface area contributed by atoms with Crippen molar-refractivity contribution in [3.05, 3.63) is 0 Å². The van der Waals surface area contributed by atoms with Gasteiger partial charge in [-0.25, -0.2) is 0 Å². The summed E-state index contributed by atoms with van der Waals surface area (Å²) < 4.78 is 23.8. The summed E-state index contributed by atoms with van der Waals surface area (Å²) in [6, 6.07) is 0. The molecule has 0 saturated carbocycles. The highest BCUT2D eigenvalue weighted by atomic mass is 79.9. The molecule has 0 aromatic heterocycles. The third-order valence-corrected chi connectivity index (χ3v) is 1.09. The fourth-order valence-electron chi connectivity index (χ4n) is 0.326. The zero-order chi connectivity index (χ0) is 8.20. The molecule has 2 nitrogen and oxygen atoms in total. The molecule has 0 aliphatic carbocycles. The molecular weight excluding hydrogens is 172 g/mol. The van der Waals surface area contributed by atoms with Gasteiger partial charge in [0, 0.05) is 28.7 Å². The molecule has 3 heteroatoms. The van der Waals surface area contributed by atoms with E-state index in [1.54, 1.807) is 0 Å². The molecule has 0 aliphatic rings. The SMILES string of the molecule is [2H]C([2H])(Br)CC(OC)OC. The van der Waals surface area contributed by atoms with Gasteiger partial charge in [0.2, 0.25) is 0 Å². The van der Waals surface area contributed by atoms with E-state index in [-0.39, 0.29) is 6.42 Å². The Labute approximate surface area is 61.1 Å². The molecule has 0 rings (SSSR count). The molecule has 0 bridgehead atoms. The highest BCUT2D eigenvalue weighted by molar-refractivity contribution is 9.09. The quantitative estimate of drug-likeness (QED) is 0.486. The number of ether oxygens (including phenoxy) is 2. The third kappa shape index (κ3) is 3.41. The molecule has 0 fully saturated rings. The third-order valence-electron chi connectivity index (χ3n) is 0.770. The van der Waals surface area contributed by atoms with Crippen molar-refractivity contribution >= 4 is 15.9 Å². The van der Waals surface area contributed by atoms with Crippen molar-refractivity contribution in [2.24, 2.45) is 0 Å². The normalized spacial score (nSPS) is 16.0. The van der Waals surface area contributed by atoms with Crippen LogP contribution >= 0.6 is 15.9 Å². The van der Waals surface area contributed by atoms with Crippen molar-refractivity contribution in [2.45, 2.75) is 12.7 Å². The number of hydrogen-bond acceptors (Lipinski definition) is 2. The number of halogens is 1. The number of rotatable bonds is 4. The van der Waals surface area contributed by atoms with Crippen molar-refractivity contribution in [1.82, 2.24) is 0 Å². The molecule has 0 aromatic carbocycles. The van der Waals surface area contributed by atoms with E-state index in [0.29, 0.717) is 0 Å². The van der Waals surface area contributed by atoms with Gasteiger partial charge in [-0.05, 0) is 0 Å². The number of methoxy groups -OCH3 is 2. The minimum atomic E-state index is -1.41. The van der Waals surface area contributed by atoms with Crippen LogP contribution in [-0.2, 0) is 9.47 Å². The van der Waals surface area contributed by atoms with Crippen LogP contribution < -0.4 is 0 Å². The van der Waals surface area contributed by atoms with E-state index >= 15 is 0 Å². The summed E-state index contributed by atoms with van der Waals surface area (Å²) in [5.74, 6) is 0. The van der Waals surface area contributed by atoms with Gasteiger partial charge in [0.15, 0.2) is 6.29 Å². The first-order chi connectivity index (χ1) is 4.49. The molecular formula is C5H11BrO2. The first-order valence-electron chi connectivity index (χ1n) is 3.24. The van der Waals surface area contributed by atoms with Crippen molar-refractivity contribution in [3.8, 4) is 0 Å². The average Bonchev–Trinajstić information content (AvgIpc) is 1.81. The predicted octanol–water partition coefficient (Wildman–Crippen LogP) is 1.39. The van der Waals surface area contributed by atoms with Crippen LogP contribution in [0.4, 0.5) is 0 Å². The lowest BCUT2D eigenvalue weighted by molar-refractivity contribution is -0.102. The van der Waals surface area contributed by atoms with Crippen LogP contribution in [0.15, 0.2) is 0 Å². The highest BCUT2D eigenvalue weighted by Gasteiger charge is 2.00. The van der Waals surface area contributed by atoms with E-state index in [0.717, 1.165) is 0 Å². The van der Waals surface area contributed by atoms with E-state index in [9.17, 15) is 0 Å². The van der Waals surface area contributed by atoms with Crippen LogP contribution in [0.25, 0.3) is 0 Å². The monoisotopic (exact) mass is 184 g/mol. The minimum absolute atomic E-state index is 0.181. The minimum Gasteiger partial charge on any atom is -0.356 e. The van der Waals surface area contributed by atoms with Gasteiger partial charge in [0.1, 0.15) is 0 Å². The lowest BCUT2D eigenvalue weighted by atomic mass is 10.5. The molecule has 0 aromatic rings. The van der Waals surface area contributed by atoms with Gasteiger partial charge in [0.25, 0.3) is 0 Å². The van der Waals surface area contributed by atoms with Gasteiger partial charge >= 0.3 is 0 Å². The van der Waals surface area contributed by atoms with E-state index in [1.165, 1.54) is 14.2 Å². The van der Waals surface area contributed by atoms with E-state index in [4.69, 9.17) is 12.2 Å². The Kier molecular flexibility index (Phi) is 3.60. The first kappa shape index (κ1) is 5.21. The Morgan fingerprint density at radius 3 is 2.25 bits per heavy atom. The molecule has 0 spiro atoms. The second kappa shape index (κ2) is 5.54. The van der Waals surface area contributed by atoms with E-state index < -0.39 is 11.6 Å². The van der Waals surface area contributed by atoms with Gasteiger partial charge in [-0.3, -0.25) is 0 Å². The summed E-state index contributed by atoms with van der Waals surface area (Å²) in [5.41, 5.74) is 0. The molecule has 0 aliphatic heterocycles. The second-order valence-corrected chi connectivity index (χ2v) is 1.80. The maximum Gasteiger partial charge on any atom is 0.157 e. The number of hydrogen-bond donors (Lipinski definition) is 0. The molecule has 8 heavy (non-hydrogen) atoms. The average molecular weight is 185 g/mol.